The summed E-state index contributed by atoms with van der Waals surface area (Å²) >= 11 is 9.20. The van der Waals surface area contributed by atoms with Crippen molar-refractivity contribution >= 4 is 33.3 Å². The van der Waals surface area contributed by atoms with E-state index in [1.54, 1.807) is 24.3 Å². The van der Waals surface area contributed by atoms with Crippen molar-refractivity contribution in [2.24, 2.45) is 0 Å². The quantitative estimate of drug-likeness (QED) is 0.740. The van der Waals surface area contributed by atoms with Gasteiger partial charge < -0.3 is 0 Å². The molecule has 2 aromatic rings. The molecule has 0 aliphatic heterocycles. The number of hydrogen-bond acceptors (Lipinski definition) is 2. The molecular weight excluding hydrogens is 338 g/mol. The van der Waals surface area contributed by atoms with Crippen LogP contribution in [0.1, 0.15) is 27.4 Å². The molecule has 0 aromatic heterocycles. The van der Waals surface area contributed by atoms with E-state index in [-0.39, 0.29) is 5.78 Å². The number of rotatable bonds is 3. The number of halogens is 2. The van der Waals surface area contributed by atoms with Crippen molar-refractivity contribution in [3.63, 3.8) is 0 Å². The van der Waals surface area contributed by atoms with Gasteiger partial charge in [-0.1, -0.05) is 41.4 Å². The summed E-state index contributed by atoms with van der Waals surface area (Å²) in [5.41, 5.74) is 2.20. The Morgan fingerprint density at radius 3 is 2.65 bits per heavy atom. The van der Waals surface area contributed by atoms with Crippen molar-refractivity contribution in [2.45, 2.75) is 12.8 Å². The zero-order valence-electron chi connectivity index (χ0n) is 10.7. The van der Waals surface area contributed by atoms with Gasteiger partial charge in [0.2, 0.25) is 0 Å². The summed E-state index contributed by atoms with van der Waals surface area (Å²) in [7, 11) is 0. The van der Waals surface area contributed by atoms with E-state index in [9.17, 15) is 10.1 Å². The minimum absolute atomic E-state index is 0.226. The molecule has 20 heavy (non-hydrogen) atoms. The Bertz CT molecular complexity index is 706. The lowest BCUT2D eigenvalue weighted by Crippen LogP contribution is -2.11. The maximum absolute atomic E-state index is 12.5. The average molecular weight is 349 g/mol. The largest absolute Gasteiger partial charge is 0.292 e. The normalized spacial score (nSPS) is 11.7. The molecule has 100 valence electrons. The molecule has 0 fully saturated rings. The molecule has 0 N–H and O–H groups in total. The van der Waals surface area contributed by atoms with E-state index in [2.05, 4.69) is 22.0 Å². The minimum atomic E-state index is -0.803. The second kappa shape index (κ2) is 6.21. The van der Waals surface area contributed by atoms with Gasteiger partial charge in [0.15, 0.2) is 5.78 Å². The molecule has 0 saturated carbocycles. The molecule has 0 radical (unpaired) electrons. The van der Waals surface area contributed by atoms with Crippen LogP contribution in [0.15, 0.2) is 46.9 Å². The van der Waals surface area contributed by atoms with E-state index in [4.69, 9.17) is 11.6 Å². The summed E-state index contributed by atoms with van der Waals surface area (Å²) in [6.07, 6.45) is 0. The van der Waals surface area contributed by atoms with Crippen LogP contribution in [-0.2, 0) is 0 Å². The molecule has 4 heteroatoms. The van der Waals surface area contributed by atoms with Gasteiger partial charge in [-0.15, -0.1) is 0 Å². The number of benzene rings is 2. The van der Waals surface area contributed by atoms with Crippen LogP contribution in [-0.4, -0.2) is 5.78 Å². The molecule has 0 aliphatic carbocycles. The predicted molar refractivity (Wildman–Crippen MR) is 83.0 cm³/mol. The smallest absolute Gasteiger partial charge is 0.184 e. The van der Waals surface area contributed by atoms with E-state index >= 15 is 0 Å². The highest BCUT2D eigenvalue weighted by atomic mass is 79.9. The van der Waals surface area contributed by atoms with Gasteiger partial charge in [0.25, 0.3) is 0 Å². The van der Waals surface area contributed by atoms with Gasteiger partial charge in [0, 0.05) is 10.0 Å². The first kappa shape index (κ1) is 14.8. The van der Waals surface area contributed by atoms with Crippen LogP contribution in [0.25, 0.3) is 0 Å². The highest BCUT2D eigenvalue weighted by molar-refractivity contribution is 9.10. The number of ketones is 1. The van der Waals surface area contributed by atoms with Crippen molar-refractivity contribution in [1.29, 1.82) is 5.26 Å². The fourth-order valence-electron chi connectivity index (χ4n) is 1.95. The number of Topliss-reactive ketones (excluding diaryl/α,β-unsaturated/α-hetero) is 1. The first-order valence-corrected chi connectivity index (χ1v) is 7.15. The number of nitriles is 1. The average Bonchev–Trinajstić information content (AvgIpc) is 2.42. The van der Waals surface area contributed by atoms with Crippen LogP contribution in [0, 0.1) is 18.3 Å². The van der Waals surface area contributed by atoms with Gasteiger partial charge in [-0.3, -0.25) is 4.79 Å². The minimum Gasteiger partial charge on any atom is -0.292 e. The highest BCUT2D eigenvalue weighted by Crippen LogP contribution is 2.27. The van der Waals surface area contributed by atoms with Crippen LogP contribution in [0.3, 0.4) is 0 Å². The molecule has 0 spiro atoms. The van der Waals surface area contributed by atoms with Crippen molar-refractivity contribution in [2.75, 3.05) is 0 Å². The van der Waals surface area contributed by atoms with E-state index in [0.29, 0.717) is 20.6 Å². The molecule has 0 saturated heterocycles. The summed E-state index contributed by atoms with van der Waals surface area (Å²) in [6.45, 7) is 1.93. The fourth-order valence-corrected chi connectivity index (χ4v) is 2.45. The third-order valence-electron chi connectivity index (χ3n) is 2.97. The second-order valence-electron chi connectivity index (χ2n) is 4.47. The summed E-state index contributed by atoms with van der Waals surface area (Å²) < 4.78 is 0.644. The maximum Gasteiger partial charge on any atom is 0.184 e. The monoisotopic (exact) mass is 347 g/mol. The van der Waals surface area contributed by atoms with Crippen LogP contribution in [0.4, 0.5) is 0 Å². The molecule has 0 amide bonds. The SMILES string of the molecule is Cc1cccc(C(C#N)C(=O)c2ccc(Cl)c(Br)c2)c1. The van der Waals surface area contributed by atoms with E-state index in [1.165, 1.54) is 0 Å². The molecule has 1 unspecified atom stereocenters. The van der Waals surface area contributed by atoms with E-state index in [1.807, 2.05) is 25.1 Å². The number of carbonyl (C=O) groups excluding carboxylic acids is 1. The van der Waals surface area contributed by atoms with Crippen LogP contribution < -0.4 is 0 Å². The zero-order valence-corrected chi connectivity index (χ0v) is 13.1. The Balaban J connectivity index is 2.39. The molecular formula is C16H11BrClNO. The predicted octanol–water partition coefficient (Wildman–Crippen LogP) is 4.90. The van der Waals surface area contributed by atoms with E-state index < -0.39 is 5.92 Å². The molecule has 0 bridgehead atoms. The van der Waals surface area contributed by atoms with Crippen molar-refractivity contribution in [3.05, 3.63) is 68.7 Å². The summed E-state index contributed by atoms with van der Waals surface area (Å²) in [5.74, 6) is -1.03. The summed E-state index contributed by atoms with van der Waals surface area (Å²) in [5, 5.41) is 9.85. The number of nitrogens with zero attached hydrogens (tertiary/aromatic N) is 1. The van der Waals surface area contributed by atoms with Crippen molar-refractivity contribution < 1.29 is 4.79 Å². The van der Waals surface area contributed by atoms with Crippen LogP contribution >= 0.6 is 27.5 Å². The van der Waals surface area contributed by atoms with Gasteiger partial charge in [-0.25, -0.2) is 0 Å². The molecule has 2 rings (SSSR count). The molecule has 2 aromatic carbocycles. The topological polar surface area (TPSA) is 40.9 Å². The van der Waals surface area contributed by atoms with Crippen LogP contribution in [0.5, 0.6) is 0 Å². The maximum atomic E-state index is 12.5. The first-order chi connectivity index (χ1) is 9.52. The Morgan fingerprint density at radius 2 is 2.05 bits per heavy atom. The van der Waals surface area contributed by atoms with Crippen molar-refractivity contribution in [3.8, 4) is 6.07 Å². The van der Waals surface area contributed by atoms with Gasteiger partial charge in [0.1, 0.15) is 5.92 Å². The molecule has 0 heterocycles. The first-order valence-electron chi connectivity index (χ1n) is 5.98. The number of aryl methyl sites for hydroxylation is 1. The third-order valence-corrected chi connectivity index (χ3v) is 4.18. The lowest BCUT2D eigenvalue weighted by Gasteiger charge is -2.10. The number of carbonyl (C=O) groups is 1. The standard InChI is InChI=1S/C16H11BrClNO/c1-10-3-2-4-11(7-10)13(9-19)16(20)12-5-6-15(18)14(17)8-12/h2-8,13H,1H3. The van der Waals surface area contributed by atoms with E-state index in [0.717, 1.165) is 5.56 Å². The zero-order chi connectivity index (χ0) is 14.7. The van der Waals surface area contributed by atoms with Gasteiger partial charge in [0.05, 0.1) is 11.1 Å². The highest BCUT2D eigenvalue weighted by Gasteiger charge is 2.22. The van der Waals surface area contributed by atoms with Gasteiger partial charge in [-0.2, -0.15) is 5.26 Å². The third kappa shape index (κ3) is 3.09. The van der Waals surface area contributed by atoms with Crippen LogP contribution in [0.2, 0.25) is 5.02 Å². The molecule has 1 atom stereocenters. The van der Waals surface area contributed by atoms with Gasteiger partial charge in [-0.05, 0) is 46.6 Å². The van der Waals surface area contributed by atoms with Crippen molar-refractivity contribution in [1.82, 2.24) is 0 Å². The lowest BCUT2D eigenvalue weighted by molar-refractivity contribution is 0.0979. The summed E-state index contributed by atoms with van der Waals surface area (Å²) in [6, 6.07) is 14.4. The Hall–Kier alpha value is -1.63. The second-order valence-corrected chi connectivity index (χ2v) is 5.73. The molecule has 2 nitrogen and oxygen atoms in total. The number of hydrogen-bond donors (Lipinski definition) is 0. The Kier molecular flexibility index (Phi) is 4.59. The summed E-state index contributed by atoms with van der Waals surface area (Å²) in [4.78, 5) is 12.5. The molecule has 0 aliphatic rings. The Labute approximate surface area is 131 Å². The fraction of sp³-hybridized carbons (Fsp3) is 0.125. The van der Waals surface area contributed by atoms with Gasteiger partial charge >= 0.3 is 0 Å². The Morgan fingerprint density at radius 1 is 1.30 bits per heavy atom. The lowest BCUT2D eigenvalue weighted by atomic mass is 9.91.